The van der Waals surface area contributed by atoms with Gasteiger partial charge in [-0.1, -0.05) is 44.2 Å². The van der Waals surface area contributed by atoms with Crippen molar-refractivity contribution in [3.8, 4) is 6.07 Å². The molecule has 5 nitrogen and oxygen atoms in total. The second kappa shape index (κ2) is 8.79. The van der Waals surface area contributed by atoms with Crippen LogP contribution < -0.4 is 5.32 Å². The lowest BCUT2D eigenvalue weighted by Gasteiger charge is -2.31. The lowest BCUT2D eigenvalue weighted by Crippen LogP contribution is -2.31. The molecule has 1 atom stereocenters. The zero-order valence-corrected chi connectivity index (χ0v) is 17.9. The van der Waals surface area contributed by atoms with Gasteiger partial charge in [0.05, 0.1) is 23.7 Å². The quantitative estimate of drug-likeness (QED) is 0.690. The molecule has 1 N–H and O–H groups in total. The van der Waals surface area contributed by atoms with E-state index in [-0.39, 0.29) is 18.4 Å². The minimum atomic E-state index is -0.621. The Hall–Kier alpha value is -2.65. The molecule has 1 aliphatic rings. The molecule has 1 heterocycles. The summed E-state index contributed by atoms with van der Waals surface area (Å²) in [7, 11) is 0. The van der Waals surface area contributed by atoms with Crippen LogP contribution in [0.5, 0.6) is 0 Å². The van der Waals surface area contributed by atoms with Gasteiger partial charge in [0.2, 0.25) is 5.91 Å². The van der Waals surface area contributed by atoms with Crippen LogP contribution in [0.3, 0.4) is 0 Å². The van der Waals surface area contributed by atoms with Gasteiger partial charge in [-0.25, -0.2) is 4.79 Å². The van der Waals surface area contributed by atoms with E-state index in [9.17, 15) is 14.9 Å². The van der Waals surface area contributed by atoms with Crippen LogP contribution in [0.15, 0.2) is 30.3 Å². The number of carbonyl (C=O) groups is 2. The van der Waals surface area contributed by atoms with E-state index in [0.29, 0.717) is 36.2 Å². The van der Waals surface area contributed by atoms with Crippen LogP contribution in [-0.4, -0.2) is 18.5 Å². The Kier molecular flexibility index (Phi) is 6.39. The first-order chi connectivity index (χ1) is 13.9. The SMILES string of the molecule is CCOC(=O)c1c(NC(=O)CC(C)C)sc2c1CC[C@@](C#N)(c1ccccc1)C2. The number of rotatable bonds is 6. The summed E-state index contributed by atoms with van der Waals surface area (Å²) in [5.41, 5.74) is 1.74. The van der Waals surface area contributed by atoms with Crippen LogP contribution in [0, 0.1) is 17.2 Å². The standard InChI is InChI=1S/C23H26N2O3S/c1-4-28-22(27)20-17-10-11-23(14-24,16-8-6-5-7-9-16)13-18(17)29-21(20)25-19(26)12-15(2)3/h5-9,15H,4,10-13H2,1-3H3,(H,25,26)/t23-/m1/s1. The predicted molar refractivity (Wildman–Crippen MR) is 114 cm³/mol. The fourth-order valence-electron chi connectivity index (χ4n) is 3.84. The average molecular weight is 411 g/mol. The van der Waals surface area contributed by atoms with Crippen molar-refractivity contribution in [1.82, 2.24) is 0 Å². The molecule has 1 aromatic heterocycles. The van der Waals surface area contributed by atoms with E-state index >= 15 is 0 Å². The first kappa shape index (κ1) is 21.1. The summed E-state index contributed by atoms with van der Waals surface area (Å²) in [6.07, 6.45) is 2.14. The van der Waals surface area contributed by atoms with E-state index in [1.807, 2.05) is 44.2 Å². The third kappa shape index (κ3) is 4.35. The molecule has 29 heavy (non-hydrogen) atoms. The maximum atomic E-state index is 12.7. The van der Waals surface area contributed by atoms with Crippen molar-refractivity contribution >= 4 is 28.2 Å². The number of carbonyl (C=O) groups excluding carboxylic acids is 2. The normalized spacial score (nSPS) is 18.0. The Morgan fingerprint density at radius 1 is 1.31 bits per heavy atom. The molecule has 1 amide bonds. The van der Waals surface area contributed by atoms with Crippen molar-refractivity contribution in [2.24, 2.45) is 5.92 Å². The van der Waals surface area contributed by atoms with Gasteiger partial charge in [0.25, 0.3) is 0 Å². The van der Waals surface area contributed by atoms with E-state index in [0.717, 1.165) is 16.0 Å². The number of ether oxygens (including phenoxy) is 1. The zero-order valence-electron chi connectivity index (χ0n) is 17.1. The Morgan fingerprint density at radius 3 is 2.66 bits per heavy atom. The smallest absolute Gasteiger partial charge is 0.341 e. The summed E-state index contributed by atoms with van der Waals surface area (Å²) in [6.45, 7) is 6.00. The van der Waals surface area contributed by atoms with Gasteiger partial charge in [-0.3, -0.25) is 4.79 Å². The van der Waals surface area contributed by atoms with Crippen molar-refractivity contribution in [2.75, 3.05) is 11.9 Å². The number of hydrogen-bond donors (Lipinski definition) is 1. The second-order valence-electron chi connectivity index (χ2n) is 7.81. The van der Waals surface area contributed by atoms with Gasteiger partial charge in [-0.05, 0) is 36.8 Å². The molecule has 152 valence electrons. The molecule has 0 unspecified atom stereocenters. The lowest BCUT2D eigenvalue weighted by molar-refractivity contribution is -0.116. The maximum Gasteiger partial charge on any atom is 0.341 e. The Bertz CT molecular complexity index is 943. The first-order valence-corrected chi connectivity index (χ1v) is 10.8. The lowest BCUT2D eigenvalue weighted by atomic mass is 9.70. The van der Waals surface area contributed by atoms with E-state index in [1.165, 1.54) is 11.3 Å². The fourth-order valence-corrected chi connectivity index (χ4v) is 5.21. The number of thiophene rings is 1. The Morgan fingerprint density at radius 2 is 2.03 bits per heavy atom. The van der Waals surface area contributed by atoms with E-state index in [1.54, 1.807) is 6.92 Å². The van der Waals surface area contributed by atoms with Crippen LogP contribution in [0.1, 0.15) is 60.0 Å². The number of fused-ring (bicyclic) bond motifs is 1. The van der Waals surface area contributed by atoms with E-state index < -0.39 is 11.4 Å². The summed E-state index contributed by atoms with van der Waals surface area (Å²) in [5.74, 6) is -0.298. The highest BCUT2D eigenvalue weighted by Crippen LogP contribution is 2.45. The Labute approximate surface area is 175 Å². The second-order valence-corrected chi connectivity index (χ2v) is 8.92. The van der Waals surface area contributed by atoms with Crippen molar-refractivity contribution in [3.05, 3.63) is 51.9 Å². The van der Waals surface area contributed by atoms with Crippen molar-refractivity contribution in [1.29, 1.82) is 5.26 Å². The van der Waals surface area contributed by atoms with Crippen LogP contribution in [-0.2, 0) is 27.8 Å². The average Bonchev–Trinajstić information content (AvgIpc) is 3.04. The van der Waals surface area contributed by atoms with Gasteiger partial charge in [0.1, 0.15) is 5.00 Å². The molecule has 6 heteroatoms. The molecule has 0 saturated heterocycles. The summed E-state index contributed by atoms with van der Waals surface area (Å²) in [6, 6.07) is 12.3. The van der Waals surface area contributed by atoms with Crippen molar-refractivity contribution < 1.29 is 14.3 Å². The molecule has 0 radical (unpaired) electrons. The number of nitrogens with one attached hydrogen (secondary N) is 1. The van der Waals surface area contributed by atoms with Crippen molar-refractivity contribution in [3.63, 3.8) is 0 Å². The zero-order chi connectivity index (χ0) is 21.0. The highest BCUT2D eigenvalue weighted by molar-refractivity contribution is 7.17. The fraction of sp³-hybridized carbons (Fsp3) is 0.435. The number of amides is 1. The number of benzene rings is 1. The minimum Gasteiger partial charge on any atom is -0.462 e. The van der Waals surface area contributed by atoms with Crippen LogP contribution >= 0.6 is 11.3 Å². The van der Waals surface area contributed by atoms with Gasteiger partial charge in [0, 0.05) is 17.7 Å². The highest BCUT2D eigenvalue weighted by atomic mass is 32.1. The van der Waals surface area contributed by atoms with Gasteiger partial charge >= 0.3 is 5.97 Å². The summed E-state index contributed by atoms with van der Waals surface area (Å²) in [4.78, 5) is 26.0. The summed E-state index contributed by atoms with van der Waals surface area (Å²) in [5, 5.41) is 13.5. The topological polar surface area (TPSA) is 79.2 Å². The molecule has 0 saturated carbocycles. The number of nitrogens with zero attached hydrogens (tertiary/aromatic N) is 1. The van der Waals surface area contributed by atoms with Crippen LogP contribution in [0.2, 0.25) is 0 Å². The molecule has 0 aliphatic heterocycles. The number of nitriles is 1. The maximum absolute atomic E-state index is 12.7. The molecule has 0 bridgehead atoms. The molecule has 0 spiro atoms. The van der Waals surface area contributed by atoms with Gasteiger partial charge in [-0.2, -0.15) is 5.26 Å². The van der Waals surface area contributed by atoms with E-state index in [2.05, 4.69) is 11.4 Å². The predicted octanol–water partition coefficient (Wildman–Crippen LogP) is 4.86. The molecule has 0 fully saturated rings. The van der Waals surface area contributed by atoms with Gasteiger partial charge in [-0.15, -0.1) is 11.3 Å². The monoisotopic (exact) mass is 410 g/mol. The third-order valence-electron chi connectivity index (χ3n) is 5.22. The largest absolute Gasteiger partial charge is 0.462 e. The van der Waals surface area contributed by atoms with Crippen LogP contribution in [0.25, 0.3) is 0 Å². The summed E-state index contributed by atoms with van der Waals surface area (Å²) >= 11 is 1.40. The van der Waals surface area contributed by atoms with E-state index in [4.69, 9.17) is 4.74 Å². The molecular weight excluding hydrogens is 384 g/mol. The number of esters is 1. The Balaban J connectivity index is 2.00. The van der Waals surface area contributed by atoms with Crippen LogP contribution in [0.4, 0.5) is 5.00 Å². The minimum absolute atomic E-state index is 0.112. The third-order valence-corrected chi connectivity index (χ3v) is 6.37. The molecule has 1 aliphatic carbocycles. The molecule has 1 aromatic carbocycles. The number of hydrogen-bond acceptors (Lipinski definition) is 5. The summed E-state index contributed by atoms with van der Waals surface area (Å²) < 4.78 is 5.27. The van der Waals surface area contributed by atoms with Crippen molar-refractivity contribution in [2.45, 2.75) is 51.9 Å². The highest BCUT2D eigenvalue weighted by Gasteiger charge is 2.40. The van der Waals surface area contributed by atoms with Gasteiger partial charge < -0.3 is 10.1 Å². The number of anilines is 1. The molecule has 2 aromatic rings. The van der Waals surface area contributed by atoms with Gasteiger partial charge in [0.15, 0.2) is 0 Å². The molecular formula is C23H26N2O3S. The first-order valence-electron chi connectivity index (χ1n) is 9.98. The molecule has 3 rings (SSSR count).